The Morgan fingerprint density at radius 3 is 2.55 bits per heavy atom. The number of sulfonamides is 1. The maximum absolute atomic E-state index is 13.6. The fourth-order valence-corrected chi connectivity index (χ4v) is 3.05. The van der Waals surface area contributed by atoms with Gasteiger partial charge in [-0.15, -0.1) is 0 Å². The lowest BCUT2D eigenvalue weighted by Crippen LogP contribution is -2.16. The highest BCUT2D eigenvalue weighted by molar-refractivity contribution is 7.92. The molecule has 0 aliphatic carbocycles. The first kappa shape index (κ1) is 14.5. The first-order valence-corrected chi connectivity index (χ1v) is 7.49. The van der Waals surface area contributed by atoms with Crippen LogP contribution in [0, 0.1) is 12.7 Å². The van der Waals surface area contributed by atoms with Gasteiger partial charge in [-0.25, -0.2) is 12.8 Å². The van der Waals surface area contributed by atoms with Gasteiger partial charge in [-0.3, -0.25) is 4.72 Å². The Bertz CT molecular complexity index is 730. The number of nitrogens with two attached hydrogens (primary N) is 1. The Kier molecular flexibility index (Phi) is 4.06. The van der Waals surface area contributed by atoms with Crippen molar-refractivity contribution in [3.05, 3.63) is 59.4 Å². The lowest BCUT2D eigenvalue weighted by atomic mass is 10.2. The summed E-state index contributed by atoms with van der Waals surface area (Å²) in [6.45, 7) is 1.71. The van der Waals surface area contributed by atoms with E-state index in [1.54, 1.807) is 25.1 Å². The monoisotopic (exact) mass is 294 g/mol. The molecule has 2 aromatic carbocycles. The standard InChI is InChI=1S/C14H15FN2O2S/c1-10-4-2-5-11(8-10)20(18,19)17-14-7-3-6-13(15)12(14)9-16/h2-8,17H,9,16H2,1H3. The van der Waals surface area contributed by atoms with Crippen molar-refractivity contribution in [2.75, 3.05) is 4.72 Å². The van der Waals surface area contributed by atoms with Crippen molar-refractivity contribution in [2.45, 2.75) is 18.4 Å². The molecule has 0 atom stereocenters. The van der Waals surface area contributed by atoms with Crippen LogP contribution in [0.1, 0.15) is 11.1 Å². The summed E-state index contributed by atoms with van der Waals surface area (Å²) in [5, 5.41) is 0. The number of benzene rings is 2. The molecule has 0 aromatic heterocycles. The molecule has 106 valence electrons. The third kappa shape index (κ3) is 2.97. The van der Waals surface area contributed by atoms with Crippen LogP contribution in [0.2, 0.25) is 0 Å². The molecule has 0 bridgehead atoms. The molecule has 0 amide bonds. The van der Waals surface area contributed by atoms with Crippen molar-refractivity contribution in [3.8, 4) is 0 Å². The van der Waals surface area contributed by atoms with Crippen molar-refractivity contribution in [1.82, 2.24) is 0 Å². The van der Waals surface area contributed by atoms with Crippen LogP contribution in [0.3, 0.4) is 0 Å². The van der Waals surface area contributed by atoms with Crippen LogP contribution in [-0.2, 0) is 16.6 Å². The van der Waals surface area contributed by atoms with Gasteiger partial charge in [0.05, 0.1) is 10.6 Å². The lowest BCUT2D eigenvalue weighted by Gasteiger charge is -2.12. The number of aryl methyl sites for hydroxylation is 1. The zero-order valence-electron chi connectivity index (χ0n) is 10.9. The highest BCUT2D eigenvalue weighted by Gasteiger charge is 2.17. The van der Waals surface area contributed by atoms with E-state index in [-0.39, 0.29) is 22.7 Å². The van der Waals surface area contributed by atoms with Gasteiger partial charge in [0.25, 0.3) is 10.0 Å². The van der Waals surface area contributed by atoms with Gasteiger partial charge in [-0.1, -0.05) is 18.2 Å². The predicted octanol–water partition coefficient (Wildman–Crippen LogP) is 2.39. The minimum atomic E-state index is -3.76. The summed E-state index contributed by atoms with van der Waals surface area (Å²) in [5.74, 6) is -0.531. The topological polar surface area (TPSA) is 72.2 Å². The highest BCUT2D eigenvalue weighted by atomic mass is 32.2. The second-order valence-corrected chi connectivity index (χ2v) is 6.07. The molecular formula is C14H15FN2O2S. The van der Waals surface area contributed by atoms with Crippen LogP contribution in [0.15, 0.2) is 47.4 Å². The van der Waals surface area contributed by atoms with Crippen LogP contribution in [0.25, 0.3) is 0 Å². The van der Waals surface area contributed by atoms with E-state index in [4.69, 9.17) is 5.73 Å². The summed E-state index contributed by atoms with van der Waals surface area (Å²) in [4.78, 5) is 0.129. The molecular weight excluding hydrogens is 279 g/mol. The average Bonchev–Trinajstić information content (AvgIpc) is 2.38. The number of nitrogens with one attached hydrogen (secondary N) is 1. The van der Waals surface area contributed by atoms with Crippen LogP contribution in [-0.4, -0.2) is 8.42 Å². The van der Waals surface area contributed by atoms with Crippen LogP contribution >= 0.6 is 0 Å². The first-order chi connectivity index (χ1) is 9.44. The Labute approximate surface area is 117 Å². The molecule has 4 nitrogen and oxygen atoms in total. The fraction of sp³-hybridized carbons (Fsp3) is 0.143. The minimum Gasteiger partial charge on any atom is -0.326 e. The smallest absolute Gasteiger partial charge is 0.261 e. The molecule has 0 aliphatic rings. The third-order valence-electron chi connectivity index (χ3n) is 2.87. The number of rotatable bonds is 4. The van der Waals surface area contributed by atoms with Gasteiger partial charge in [-0.05, 0) is 36.8 Å². The molecule has 20 heavy (non-hydrogen) atoms. The SMILES string of the molecule is Cc1cccc(S(=O)(=O)Nc2cccc(F)c2CN)c1. The summed E-state index contributed by atoms with van der Waals surface area (Å²) >= 11 is 0. The van der Waals surface area contributed by atoms with E-state index in [1.165, 1.54) is 24.3 Å². The molecule has 0 aliphatic heterocycles. The number of hydrogen-bond acceptors (Lipinski definition) is 3. The molecule has 0 spiro atoms. The van der Waals surface area contributed by atoms with Gasteiger partial charge < -0.3 is 5.73 Å². The zero-order valence-corrected chi connectivity index (χ0v) is 11.7. The number of halogens is 1. The van der Waals surface area contributed by atoms with E-state index >= 15 is 0 Å². The van der Waals surface area contributed by atoms with E-state index < -0.39 is 15.8 Å². The summed E-state index contributed by atoms with van der Waals surface area (Å²) in [6.07, 6.45) is 0. The van der Waals surface area contributed by atoms with Gasteiger partial charge in [0.1, 0.15) is 5.82 Å². The van der Waals surface area contributed by atoms with Crippen molar-refractivity contribution in [1.29, 1.82) is 0 Å². The fourth-order valence-electron chi connectivity index (χ4n) is 1.85. The molecule has 0 radical (unpaired) electrons. The van der Waals surface area contributed by atoms with Gasteiger partial charge in [0, 0.05) is 12.1 Å². The Morgan fingerprint density at radius 2 is 1.90 bits per heavy atom. The minimum absolute atomic E-state index is 0.0850. The normalized spacial score (nSPS) is 11.3. The lowest BCUT2D eigenvalue weighted by molar-refractivity contribution is 0.600. The average molecular weight is 294 g/mol. The van der Waals surface area contributed by atoms with E-state index in [9.17, 15) is 12.8 Å². The molecule has 0 saturated carbocycles. The van der Waals surface area contributed by atoms with Crippen LogP contribution < -0.4 is 10.5 Å². The predicted molar refractivity (Wildman–Crippen MR) is 76.3 cm³/mol. The van der Waals surface area contributed by atoms with Gasteiger partial charge in [-0.2, -0.15) is 0 Å². The molecule has 2 rings (SSSR count). The van der Waals surface area contributed by atoms with Crippen LogP contribution in [0.5, 0.6) is 0 Å². The zero-order chi connectivity index (χ0) is 14.8. The Morgan fingerprint density at radius 1 is 1.20 bits per heavy atom. The quantitative estimate of drug-likeness (QED) is 0.909. The van der Waals surface area contributed by atoms with Gasteiger partial charge >= 0.3 is 0 Å². The second kappa shape index (κ2) is 5.60. The Balaban J connectivity index is 2.41. The maximum Gasteiger partial charge on any atom is 0.261 e. The maximum atomic E-state index is 13.6. The van der Waals surface area contributed by atoms with Crippen molar-refractivity contribution < 1.29 is 12.8 Å². The first-order valence-electron chi connectivity index (χ1n) is 6.01. The molecule has 0 unspecified atom stereocenters. The van der Waals surface area contributed by atoms with E-state index in [1.807, 2.05) is 0 Å². The van der Waals surface area contributed by atoms with Crippen LogP contribution in [0.4, 0.5) is 10.1 Å². The van der Waals surface area contributed by atoms with Gasteiger partial charge in [0.15, 0.2) is 0 Å². The Hall–Kier alpha value is -1.92. The third-order valence-corrected chi connectivity index (χ3v) is 4.23. The molecule has 6 heteroatoms. The van der Waals surface area contributed by atoms with Crippen molar-refractivity contribution in [3.63, 3.8) is 0 Å². The second-order valence-electron chi connectivity index (χ2n) is 4.39. The number of anilines is 1. The molecule has 0 fully saturated rings. The molecule has 0 heterocycles. The summed E-state index contributed by atoms with van der Waals surface area (Å²) < 4.78 is 40.5. The van der Waals surface area contributed by atoms with E-state index in [2.05, 4.69) is 4.72 Å². The largest absolute Gasteiger partial charge is 0.326 e. The van der Waals surface area contributed by atoms with Crippen molar-refractivity contribution in [2.24, 2.45) is 5.73 Å². The van der Waals surface area contributed by atoms with E-state index in [0.29, 0.717) is 0 Å². The number of hydrogen-bond donors (Lipinski definition) is 2. The molecule has 3 N–H and O–H groups in total. The summed E-state index contributed by atoms with van der Waals surface area (Å²) in [7, 11) is -3.76. The summed E-state index contributed by atoms with van der Waals surface area (Å²) in [6, 6.07) is 10.6. The van der Waals surface area contributed by atoms with E-state index in [0.717, 1.165) is 5.56 Å². The molecule has 0 saturated heterocycles. The van der Waals surface area contributed by atoms with Gasteiger partial charge in [0.2, 0.25) is 0 Å². The van der Waals surface area contributed by atoms with Crippen molar-refractivity contribution >= 4 is 15.7 Å². The highest BCUT2D eigenvalue weighted by Crippen LogP contribution is 2.22. The molecule has 2 aromatic rings. The summed E-state index contributed by atoms with van der Waals surface area (Å²) in [5.41, 5.74) is 6.59.